The van der Waals surface area contributed by atoms with Crippen molar-refractivity contribution >= 4 is 33.7 Å². The van der Waals surface area contributed by atoms with Gasteiger partial charge in [-0.05, 0) is 54.3 Å². The molecule has 0 spiro atoms. The Hall–Kier alpha value is -4.47. The lowest BCUT2D eigenvalue weighted by Gasteiger charge is -2.18. The van der Waals surface area contributed by atoms with Crippen LogP contribution in [0.1, 0.15) is 35.7 Å². The van der Waals surface area contributed by atoms with E-state index in [2.05, 4.69) is 32.6 Å². The van der Waals surface area contributed by atoms with Crippen molar-refractivity contribution < 1.29 is 14.6 Å². The van der Waals surface area contributed by atoms with Crippen LogP contribution in [-0.2, 0) is 24.7 Å². The van der Waals surface area contributed by atoms with Gasteiger partial charge >= 0.3 is 5.97 Å². The highest BCUT2D eigenvalue weighted by molar-refractivity contribution is 5.81. The molecule has 0 saturated carbocycles. The van der Waals surface area contributed by atoms with E-state index in [-0.39, 0.29) is 6.42 Å². The first kappa shape index (κ1) is 23.0. The molecule has 10 heteroatoms. The van der Waals surface area contributed by atoms with Gasteiger partial charge in [0, 0.05) is 48.9 Å². The molecule has 0 aliphatic carbocycles. The number of carbonyl (C=O) groups is 1. The van der Waals surface area contributed by atoms with Crippen molar-refractivity contribution in [3.8, 4) is 5.75 Å². The van der Waals surface area contributed by atoms with E-state index in [0.29, 0.717) is 18.7 Å². The Kier molecular flexibility index (Phi) is 5.91. The van der Waals surface area contributed by atoms with Gasteiger partial charge in [0.25, 0.3) is 0 Å². The summed E-state index contributed by atoms with van der Waals surface area (Å²) in [7, 11) is 1.83. The van der Waals surface area contributed by atoms with Gasteiger partial charge in [-0.15, -0.1) is 0 Å². The minimum Gasteiger partial charge on any atom is -0.493 e. The van der Waals surface area contributed by atoms with Gasteiger partial charge in [0.1, 0.15) is 11.6 Å². The second-order valence-electron chi connectivity index (χ2n) is 9.35. The molecule has 4 aromatic heterocycles. The van der Waals surface area contributed by atoms with Gasteiger partial charge in [-0.1, -0.05) is 6.07 Å². The van der Waals surface area contributed by atoms with Crippen molar-refractivity contribution in [1.82, 2.24) is 29.5 Å². The first-order valence-electron chi connectivity index (χ1n) is 12.4. The average molecular weight is 498 g/mol. The molecule has 0 amide bonds. The molecule has 10 nitrogen and oxygen atoms in total. The molecule has 5 aromatic rings. The van der Waals surface area contributed by atoms with Crippen LogP contribution in [-0.4, -0.2) is 53.8 Å². The van der Waals surface area contributed by atoms with Crippen LogP contribution in [0.3, 0.4) is 0 Å². The van der Waals surface area contributed by atoms with Gasteiger partial charge in [0.05, 0.1) is 30.8 Å². The zero-order valence-corrected chi connectivity index (χ0v) is 20.5. The predicted octanol–water partition coefficient (Wildman–Crippen LogP) is 3.76. The molecule has 0 radical (unpaired) electrons. The molecule has 1 aliphatic rings. The Balaban J connectivity index is 1.21. The molecule has 1 atom stereocenters. The highest BCUT2D eigenvalue weighted by Gasteiger charge is 2.22. The highest BCUT2D eigenvalue weighted by atomic mass is 16.5. The quantitative estimate of drug-likeness (QED) is 0.333. The summed E-state index contributed by atoms with van der Waals surface area (Å²) >= 11 is 0. The molecule has 0 saturated heterocycles. The summed E-state index contributed by atoms with van der Waals surface area (Å²) in [5.41, 5.74) is 4.48. The molecule has 2 N–H and O–H groups in total. The minimum absolute atomic E-state index is 0.120. The first-order valence-corrected chi connectivity index (χ1v) is 12.4. The smallest absolute Gasteiger partial charge is 0.305 e. The number of carboxylic acid groups (broad SMARTS) is 1. The summed E-state index contributed by atoms with van der Waals surface area (Å²) in [6.45, 7) is 1.47. The minimum atomic E-state index is -0.911. The van der Waals surface area contributed by atoms with Crippen LogP contribution >= 0.6 is 0 Å². The van der Waals surface area contributed by atoms with Gasteiger partial charge < -0.3 is 15.2 Å². The maximum absolute atomic E-state index is 11.7. The monoisotopic (exact) mass is 497 g/mol. The number of aromatic nitrogens is 6. The number of aryl methyl sites for hydroxylation is 2. The highest BCUT2D eigenvalue weighted by Crippen LogP contribution is 2.29. The summed E-state index contributed by atoms with van der Waals surface area (Å²) in [4.78, 5) is 20.9. The molecule has 5 heterocycles. The average Bonchev–Trinajstić information content (AvgIpc) is 3.48. The number of nitrogens with one attached hydrogen (secondary N) is 1. The molecule has 188 valence electrons. The maximum Gasteiger partial charge on any atom is 0.305 e. The molecular formula is C27H27N7O3. The van der Waals surface area contributed by atoms with E-state index in [1.54, 1.807) is 21.8 Å². The molecular weight excluding hydrogens is 470 g/mol. The Morgan fingerprint density at radius 1 is 1.19 bits per heavy atom. The van der Waals surface area contributed by atoms with Crippen molar-refractivity contribution in [2.75, 3.05) is 18.5 Å². The molecule has 1 unspecified atom stereocenters. The SMILES string of the molecule is Cn1cc2cc(C(CC(=O)O)n3ncc4cc(OCCc5ccc6c(n5)NCCC6)ccc43)cnc2n1. The number of anilines is 1. The van der Waals surface area contributed by atoms with E-state index >= 15 is 0 Å². The molecule has 0 bridgehead atoms. The second kappa shape index (κ2) is 9.53. The van der Waals surface area contributed by atoms with Crippen molar-refractivity contribution in [2.45, 2.75) is 31.7 Å². The number of benzene rings is 1. The largest absolute Gasteiger partial charge is 0.493 e. The van der Waals surface area contributed by atoms with Crippen LogP contribution in [0.4, 0.5) is 5.82 Å². The van der Waals surface area contributed by atoms with Crippen molar-refractivity contribution in [1.29, 1.82) is 0 Å². The lowest BCUT2D eigenvalue weighted by atomic mass is 10.0. The Bertz CT molecular complexity index is 1610. The number of aliphatic carboxylic acids is 1. The summed E-state index contributed by atoms with van der Waals surface area (Å²) in [5.74, 6) is 0.814. The third kappa shape index (κ3) is 4.69. The lowest BCUT2D eigenvalue weighted by Crippen LogP contribution is -2.16. The third-order valence-electron chi connectivity index (χ3n) is 6.69. The fourth-order valence-corrected chi connectivity index (χ4v) is 4.89. The van der Waals surface area contributed by atoms with Gasteiger partial charge in [-0.3, -0.25) is 14.2 Å². The van der Waals surface area contributed by atoms with Crippen LogP contribution < -0.4 is 10.1 Å². The number of nitrogens with zero attached hydrogens (tertiary/aromatic N) is 6. The van der Waals surface area contributed by atoms with Crippen molar-refractivity contribution in [2.24, 2.45) is 7.05 Å². The van der Waals surface area contributed by atoms with E-state index < -0.39 is 12.0 Å². The standard InChI is InChI=1S/C27H27N7O3/c1-33-16-20-11-18(14-29-27(20)32-33)24(13-25(35)36)34-23-7-6-22(12-19(23)15-30-34)37-10-8-21-5-4-17-3-2-9-28-26(17)31-21/h4-7,11-12,14-16,24H,2-3,8-10,13H2,1H3,(H,28,31)(H,35,36). The van der Waals surface area contributed by atoms with E-state index in [0.717, 1.165) is 58.5 Å². The zero-order chi connectivity index (χ0) is 25.4. The maximum atomic E-state index is 11.7. The van der Waals surface area contributed by atoms with Gasteiger partial charge in [0.2, 0.25) is 0 Å². The second-order valence-corrected chi connectivity index (χ2v) is 9.35. The van der Waals surface area contributed by atoms with Crippen molar-refractivity contribution in [3.05, 3.63) is 71.8 Å². The van der Waals surface area contributed by atoms with Gasteiger partial charge in [-0.2, -0.15) is 10.2 Å². The summed E-state index contributed by atoms with van der Waals surface area (Å²) in [5, 5.41) is 23.6. The van der Waals surface area contributed by atoms with E-state index in [1.165, 1.54) is 5.56 Å². The normalized spacial score (nSPS) is 13.9. The number of rotatable bonds is 8. The zero-order valence-electron chi connectivity index (χ0n) is 20.5. The number of hydrogen-bond donors (Lipinski definition) is 2. The van der Waals surface area contributed by atoms with Gasteiger partial charge in [-0.25, -0.2) is 9.97 Å². The van der Waals surface area contributed by atoms with Crippen LogP contribution in [0.5, 0.6) is 5.75 Å². The Labute approximate surface area is 212 Å². The van der Waals surface area contributed by atoms with Gasteiger partial charge in [0.15, 0.2) is 5.65 Å². The van der Waals surface area contributed by atoms with Crippen LogP contribution in [0.25, 0.3) is 21.9 Å². The fourth-order valence-electron chi connectivity index (χ4n) is 4.89. The lowest BCUT2D eigenvalue weighted by molar-refractivity contribution is -0.137. The Morgan fingerprint density at radius 2 is 2.11 bits per heavy atom. The number of carboxylic acids is 1. The van der Waals surface area contributed by atoms with Crippen LogP contribution in [0, 0.1) is 0 Å². The summed E-state index contributed by atoms with van der Waals surface area (Å²) < 4.78 is 9.46. The van der Waals surface area contributed by atoms with Crippen molar-refractivity contribution in [3.63, 3.8) is 0 Å². The van der Waals surface area contributed by atoms with E-state index in [9.17, 15) is 9.90 Å². The van der Waals surface area contributed by atoms with E-state index in [1.807, 2.05) is 37.5 Å². The van der Waals surface area contributed by atoms with Crippen LogP contribution in [0.2, 0.25) is 0 Å². The number of hydrogen-bond acceptors (Lipinski definition) is 7. The molecule has 0 fully saturated rings. The number of fused-ring (bicyclic) bond motifs is 3. The predicted molar refractivity (Wildman–Crippen MR) is 139 cm³/mol. The first-order chi connectivity index (χ1) is 18.0. The molecule has 6 rings (SSSR count). The van der Waals surface area contributed by atoms with Crippen LogP contribution in [0.15, 0.2) is 55.0 Å². The number of ether oxygens (including phenoxy) is 1. The number of pyridine rings is 2. The molecule has 1 aromatic carbocycles. The summed E-state index contributed by atoms with van der Waals surface area (Å²) in [6, 6.07) is 11.4. The third-order valence-corrected chi connectivity index (χ3v) is 6.69. The molecule has 1 aliphatic heterocycles. The summed E-state index contributed by atoms with van der Waals surface area (Å²) in [6.07, 6.45) is 8.08. The topological polar surface area (TPSA) is 120 Å². The molecule has 37 heavy (non-hydrogen) atoms. The van der Waals surface area contributed by atoms with E-state index in [4.69, 9.17) is 9.72 Å². The Morgan fingerprint density at radius 3 is 3.00 bits per heavy atom. The fraction of sp³-hybridized carbons (Fsp3) is 0.296.